The zero-order chi connectivity index (χ0) is 20.2. The van der Waals surface area contributed by atoms with Crippen LogP contribution < -0.4 is 9.47 Å². The molecule has 0 aliphatic carbocycles. The van der Waals surface area contributed by atoms with Gasteiger partial charge >= 0.3 is 6.09 Å². The summed E-state index contributed by atoms with van der Waals surface area (Å²) >= 11 is 3.47. The number of halogens is 1. The van der Waals surface area contributed by atoms with Gasteiger partial charge in [0.25, 0.3) is 0 Å². The summed E-state index contributed by atoms with van der Waals surface area (Å²) in [5, 5.41) is 10.1. The molecule has 0 spiro atoms. The molecule has 7 nitrogen and oxygen atoms in total. The molecule has 0 unspecified atom stereocenters. The molecule has 1 aromatic rings. The lowest BCUT2D eigenvalue weighted by molar-refractivity contribution is -0.130. The van der Waals surface area contributed by atoms with E-state index in [2.05, 4.69) is 15.9 Å². The van der Waals surface area contributed by atoms with Gasteiger partial charge in [0.15, 0.2) is 0 Å². The van der Waals surface area contributed by atoms with Crippen molar-refractivity contribution in [3.05, 3.63) is 22.2 Å². The van der Waals surface area contributed by atoms with Crippen LogP contribution in [0.25, 0.3) is 0 Å². The average Bonchev–Trinajstić information content (AvgIpc) is 2.60. The quantitative estimate of drug-likeness (QED) is 0.750. The van der Waals surface area contributed by atoms with E-state index in [0.29, 0.717) is 31.1 Å². The fraction of sp³-hybridized carbons (Fsp3) is 0.632. The maximum absolute atomic E-state index is 12.4. The number of carbonyl (C=O) groups is 1. The Balaban J connectivity index is 2.24. The Hall–Kier alpha value is -1.51. The standard InChI is InChI=1S/C19H28BrNO6/c1-18(2,3)27-17(23)21-6-7-26-19(11-21,12-22)10-13-8-14(20)16(25-5)9-15(13)24-4/h8-9,22H,6-7,10-12H2,1-5H3/t19-/m1/s1. The summed E-state index contributed by atoms with van der Waals surface area (Å²) < 4.78 is 22.9. The van der Waals surface area contributed by atoms with E-state index in [-0.39, 0.29) is 13.2 Å². The van der Waals surface area contributed by atoms with Crippen molar-refractivity contribution in [1.82, 2.24) is 4.90 Å². The minimum Gasteiger partial charge on any atom is -0.496 e. The van der Waals surface area contributed by atoms with Gasteiger partial charge in [0.1, 0.15) is 22.7 Å². The Bertz CT molecular complexity index is 675. The van der Waals surface area contributed by atoms with Gasteiger partial charge in [-0.25, -0.2) is 4.79 Å². The smallest absolute Gasteiger partial charge is 0.410 e. The Morgan fingerprint density at radius 3 is 2.52 bits per heavy atom. The molecular formula is C19H28BrNO6. The molecule has 152 valence electrons. The van der Waals surface area contributed by atoms with E-state index < -0.39 is 17.3 Å². The van der Waals surface area contributed by atoms with Gasteiger partial charge in [-0.05, 0) is 48.3 Å². The predicted octanol–water partition coefficient (Wildman–Crippen LogP) is 3.01. The third-order valence-corrected chi connectivity index (χ3v) is 4.88. The van der Waals surface area contributed by atoms with Crippen LogP contribution in [0.2, 0.25) is 0 Å². The van der Waals surface area contributed by atoms with Crippen molar-refractivity contribution in [2.75, 3.05) is 40.5 Å². The minimum atomic E-state index is -0.934. The van der Waals surface area contributed by atoms with E-state index in [1.807, 2.05) is 26.8 Å². The van der Waals surface area contributed by atoms with Crippen molar-refractivity contribution in [2.45, 2.75) is 38.4 Å². The van der Waals surface area contributed by atoms with Crippen LogP contribution in [0, 0.1) is 0 Å². The number of nitrogens with zero attached hydrogens (tertiary/aromatic N) is 1. The summed E-state index contributed by atoms with van der Waals surface area (Å²) in [6.07, 6.45) is -0.0410. The van der Waals surface area contributed by atoms with Crippen molar-refractivity contribution in [2.24, 2.45) is 0 Å². The van der Waals surface area contributed by atoms with E-state index >= 15 is 0 Å². The number of methoxy groups -OCH3 is 2. The molecule has 2 rings (SSSR count). The largest absolute Gasteiger partial charge is 0.496 e. The Morgan fingerprint density at radius 1 is 1.30 bits per heavy atom. The first kappa shape index (κ1) is 21.8. The van der Waals surface area contributed by atoms with Gasteiger partial charge in [-0.1, -0.05) is 0 Å². The highest BCUT2D eigenvalue weighted by Crippen LogP contribution is 2.36. The second kappa shape index (κ2) is 8.67. The molecule has 1 aromatic carbocycles. The molecule has 1 amide bonds. The van der Waals surface area contributed by atoms with Crippen LogP contribution in [0.15, 0.2) is 16.6 Å². The van der Waals surface area contributed by atoms with Crippen LogP contribution in [-0.2, 0) is 15.9 Å². The predicted molar refractivity (Wildman–Crippen MR) is 105 cm³/mol. The van der Waals surface area contributed by atoms with E-state index in [0.717, 1.165) is 10.0 Å². The molecule has 0 saturated carbocycles. The van der Waals surface area contributed by atoms with Crippen molar-refractivity contribution in [3.8, 4) is 11.5 Å². The lowest BCUT2D eigenvalue weighted by Gasteiger charge is -2.42. The fourth-order valence-corrected chi connectivity index (χ4v) is 3.55. The number of aliphatic hydroxyl groups is 1. The van der Waals surface area contributed by atoms with Crippen molar-refractivity contribution in [3.63, 3.8) is 0 Å². The molecule has 1 fully saturated rings. The van der Waals surface area contributed by atoms with Gasteiger partial charge in [0.05, 0.1) is 38.5 Å². The zero-order valence-corrected chi connectivity index (χ0v) is 18.1. The Kier molecular flexibility index (Phi) is 6.99. The second-order valence-electron chi connectivity index (χ2n) is 7.57. The summed E-state index contributed by atoms with van der Waals surface area (Å²) in [5.74, 6) is 1.27. The molecule has 1 heterocycles. The summed E-state index contributed by atoms with van der Waals surface area (Å²) in [7, 11) is 3.16. The lowest BCUT2D eigenvalue weighted by Crippen LogP contribution is -2.57. The monoisotopic (exact) mass is 445 g/mol. The first-order chi connectivity index (χ1) is 12.6. The van der Waals surface area contributed by atoms with E-state index in [4.69, 9.17) is 18.9 Å². The maximum Gasteiger partial charge on any atom is 0.410 e. The van der Waals surface area contributed by atoms with Crippen LogP contribution in [0.1, 0.15) is 26.3 Å². The molecule has 0 aromatic heterocycles. The minimum absolute atomic E-state index is 0.227. The summed E-state index contributed by atoms with van der Waals surface area (Å²) in [4.78, 5) is 14.0. The first-order valence-corrected chi connectivity index (χ1v) is 9.55. The molecule has 0 radical (unpaired) electrons. The van der Waals surface area contributed by atoms with Gasteiger partial charge < -0.3 is 29.0 Å². The Morgan fingerprint density at radius 2 is 1.96 bits per heavy atom. The van der Waals surface area contributed by atoms with E-state index in [9.17, 15) is 9.90 Å². The van der Waals surface area contributed by atoms with Crippen molar-refractivity contribution < 1.29 is 28.8 Å². The number of aliphatic hydroxyl groups excluding tert-OH is 1. The highest BCUT2D eigenvalue weighted by atomic mass is 79.9. The molecule has 1 aliphatic heterocycles. The zero-order valence-electron chi connectivity index (χ0n) is 16.5. The summed E-state index contributed by atoms with van der Waals surface area (Å²) in [5.41, 5.74) is -0.678. The number of hydrogen-bond acceptors (Lipinski definition) is 6. The number of carbonyl (C=O) groups excluding carboxylic acids is 1. The van der Waals surface area contributed by atoms with Crippen LogP contribution >= 0.6 is 15.9 Å². The van der Waals surface area contributed by atoms with Gasteiger partial charge in [-0.15, -0.1) is 0 Å². The molecule has 27 heavy (non-hydrogen) atoms. The molecule has 1 saturated heterocycles. The molecule has 1 aliphatic rings. The van der Waals surface area contributed by atoms with Crippen LogP contribution in [0.5, 0.6) is 11.5 Å². The summed E-state index contributed by atoms with van der Waals surface area (Å²) in [6.45, 7) is 6.20. The number of amides is 1. The second-order valence-corrected chi connectivity index (χ2v) is 8.42. The number of benzene rings is 1. The lowest BCUT2D eigenvalue weighted by atomic mass is 9.92. The number of hydrogen-bond donors (Lipinski definition) is 1. The van der Waals surface area contributed by atoms with Gasteiger partial charge in [0.2, 0.25) is 0 Å². The maximum atomic E-state index is 12.4. The van der Waals surface area contributed by atoms with Crippen molar-refractivity contribution in [1.29, 1.82) is 0 Å². The highest BCUT2D eigenvalue weighted by Gasteiger charge is 2.40. The SMILES string of the molecule is COc1cc(OC)c(C[C@]2(CO)CN(C(=O)OC(C)(C)C)CCO2)cc1Br. The van der Waals surface area contributed by atoms with Crippen molar-refractivity contribution >= 4 is 22.0 Å². The third kappa shape index (κ3) is 5.49. The Labute approximate surface area is 168 Å². The van der Waals surface area contributed by atoms with Crippen LogP contribution in [0.4, 0.5) is 4.79 Å². The average molecular weight is 446 g/mol. The number of ether oxygens (including phenoxy) is 4. The first-order valence-electron chi connectivity index (χ1n) is 8.76. The summed E-state index contributed by atoms with van der Waals surface area (Å²) in [6, 6.07) is 3.66. The van der Waals surface area contributed by atoms with Gasteiger partial charge in [0, 0.05) is 19.0 Å². The van der Waals surface area contributed by atoms with Gasteiger partial charge in [-0.2, -0.15) is 0 Å². The topological polar surface area (TPSA) is 77.5 Å². The van der Waals surface area contributed by atoms with E-state index in [1.165, 1.54) is 0 Å². The number of morpholine rings is 1. The number of rotatable bonds is 5. The molecule has 1 N–H and O–H groups in total. The molecular weight excluding hydrogens is 418 g/mol. The molecule has 1 atom stereocenters. The fourth-order valence-electron chi connectivity index (χ4n) is 2.99. The highest BCUT2D eigenvalue weighted by molar-refractivity contribution is 9.10. The third-order valence-electron chi connectivity index (χ3n) is 4.26. The van der Waals surface area contributed by atoms with E-state index in [1.54, 1.807) is 25.2 Å². The van der Waals surface area contributed by atoms with Crippen LogP contribution in [0.3, 0.4) is 0 Å². The van der Waals surface area contributed by atoms with Gasteiger partial charge in [-0.3, -0.25) is 0 Å². The molecule has 8 heteroatoms. The normalized spacial score (nSPS) is 20.3. The van der Waals surface area contributed by atoms with Crippen LogP contribution in [-0.4, -0.2) is 67.8 Å². The molecule has 0 bridgehead atoms.